The molecule has 1 aliphatic heterocycles. The molecule has 9 N–H and O–H groups in total. The lowest BCUT2D eigenvalue weighted by Crippen LogP contribution is -2.43. The van der Waals surface area contributed by atoms with E-state index in [0.29, 0.717) is 18.2 Å². The van der Waals surface area contributed by atoms with E-state index in [0.717, 1.165) is 5.56 Å². The summed E-state index contributed by atoms with van der Waals surface area (Å²) in [6, 6.07) is 6.03. The number of nitrogens with one attached hydrogen (secondary N) is 3. The van der Waals surface area contributed by atoms with Gasteiger partial charge in [0.1, 0.15) is 11.9 Å². The van der Waals surface area contributed by atoms with Crippen LogP contribution in [0.25, 0.3) is 0 Å². The summed E-state index contributed by atoms with van der Waals surface area (Å²) in [5.41, 5.74) is 15.2. The molecule has 0 aliphatic carbocycles. The molecule has 12 nitrogen and oxygen atoms in total. The van der Waals surface area contributed by atoms with E-state index < -0.39 is 22.1 Å². The molecule has 0 bridgehead atoms. The minimum absolute atomic E-state index is 0.00583. The van der Waals surface area contributed by atoms with E-state index in [-0.39, 0.29) is 36.9 Å². The molecule has 1 saturated heterocycles. The van der Waals surface area contributed by atoms with Crippen LogP contribution in [0.4, 0.5) is 0 Å². The number of amidine groups is 1. The van der Waals surface area contributed by atoms with E-state index in [4.69, 9.17) is 31.4 Å². The molecule has 0 aromatic heterocycles. The number of aliphatic carboxylic acids is 1. The van der Waals surface area contributed by atoms with Crippen LogP contribution >= 0.6 is 0 Å². The van der Waals surface area contributed by atoms with Crippen LogP contribution in [0.2, 0.25) is 0 Å². The Morgan fingerprint density at radius 2 is 1.93 bits per heavy atom. The van der Waals surface area contributed by atoms with Crippen LogP contribution in [-0.4, -0.2) is 60.7 Å². The van der Waals surface area contributed by atoms with Crippen molar-refractivity contribution in [2.24, 2.45) is 11.5 Å². The van der Waals surface area contributed by atoms with Crippen molar-refractivity contribution in [3.05, 3.63) is 35.4 Å². The molecule has 1 aromatic carbocycles. The number of nitrogens with two attached hydrogens (primary N) is 2. The zero-order chi connectivity index (χ0) is 22.2. The molecule has 1 amide bonds. The van der Waals surface area contributed by atoms with Crippen LogP contribution in [0.15, 0.2) is 24.3 Å². The minimum Gasteiger partial charge on any atom is -0.480 e. The third-order valence-electron chi connectivity index (χ3n) is 3.75. The molecule has 1 aliphatic rings. The Bertz CT molecular complexity index is 821. The molecule has 13 heteroatoms. The largest absolute Gasteiger partial charge is 0.480 e. The number of hydroxylamine groups is 1. The SMILES string of the molecule is CS(=O)(=O)O.N=C(N)c1ccc([C@@H]2C[C@H](CC(=O)NCC(N)C(=O)O)ON2)cc1. The zero-order valence-electron chi connectivity index (χ0n) is 15.7. The van der Waals surface area contributed by atoms with E-state index in [1.807, 2.05) is 12.1 Å². The number of carbonyl (C=O) groups excluding carboxylic acids is 1. The lowest BCUT2D eigenvalue weighted by molar-refractivity contribution is -0.138. The number of nitrogen functional groups attached to an aromatic ring is 1. The summed E-state index contributed by atoms with van der Waals surface area (Å²) in [7, 11) is -3.67. The van der Waals surface area contributed by atoms with Crippen molar-refractivity contribution in [2.75, 3.05) is 12.8 Å². The molecule has 1 fully saturated rings. The number of rotatable bonds is 7. The van der Waals surface area contributed by atoms with E-state index in [2.05, 4.69) is 10.8 Å². The molecule has 162 valence electrons. The van der Waals surface area contributed by atoms with Crippen molar-refractivity contribution in [1.29, 1.82) is 5.41 Å². The quantitative estimate of drug-likeness (QED) is 0.154. The van der Waals surface area contributed by atoms with Gasteiger partial charge in [-0.2, -0.15) is 13.9 Å². The van der Waals surface area contributed by atoms with Gasteiger partial charge in [0, 0.05) is 12.1 Å². The molecular weight excluding hydrogens is 406 g/mol. The maximum Gasteiger partial charge on any atom is 0.322 e. The summed E-state index contributed by atoms with van der Waals surface area (Å²) in [5, 5.41) is 18.5. The lowest BCUT2D eigenvalue weighted by Gasteiger charge is -2.11. The first-order chi connectivity index (χ1) is 13.4. The Balaban J connectivity index is 0.000000749. The number of amides is 1. The fourth-order valence-corrected chi connectivity index (χ4v) is 2.35. The first-order valence-electron chi connectivity index (χ1n) is 8.40. The van der Waals surface area contributed by atoms with Crippen LogP contribution in [0.3, 0.4) is 0 Å². The molecule has 3 atom stereocenters. The summed E-state index contributed by atoms with van der Waals surface area (Å²) < 4.78 is 25.9. The summed E-state index contributed by atoms with van der Waals surface area (Å²) in [5.74, 6) is -1.47. The van der Waals surface area contributed by atoms with Gasteiger partial charge in [-0.15, -0.1) is 0 Å². The van der Waals surface area contributed by atoms with Gasteiger partial charge in [-0.3, -0.25) is 24.4 Å². The molecule has 1 heterocycles. The van der Waals surface area contributed by atoms with Crippen molar-refractivity contribution >= 4 is 27.8 Å². The Hall–Kier alpha value is -2.58. The number of carbonyl (C=O) groups is 2. The first kappa shape index (κ1) is 24.5. The molecule has 0 spiro atoms. The van der Waals surface area contributed by atoms with Crippen LogP contribution in [0.1, 0.15) is 30.0 Å². The average molecular weight is 431 g/mol. The zero-order valence-corrected chi connectivity index (χ0v) is 16.5. The number of hydrogen-bond donors (Lipinski definition) is 7. The third kappa shape index (κ3) is 9.96. The summed E-state index contributed by atoms with van der Waals surface area (Å²) >= 11 is 0. The number of carboxylic acid groups (broad SMARTS) is 1. The first-order valence-corrected chi connectivity index (χ1v) is 10.2. The Labute approximate surface area is 167 Å². The Kier molecular flexibility index (Phi) is 9.13. The van der Waals surface area contributed by atoms with Crippen molar-refractivity contribution < 1.29 is 32.5 Å². The molecule has 1 aromatic rings. The Morgan fingerprint density at radius 3 is 2.41 bits per heavy atom. The second kappa shape index (κ2) is 10.8. The van der Waals surface area contributed by atoms with E-state index >= 15 is 0 Å². The molecular formula is C16H25N5O7S. The van der Waals surface area contributed by atoms with E-state index in [1.54, 1.807) is 12.1 Å². The topological polar surface area (TPSA) is 218 Å². The van der Waals surface area contributed by atoms with E-state index in [9.17, 15) is 18.0 Å². The monoisotopic (exact) mass is 431 g/mol. The van der Waals surface area contributed by atoms with Gasteiger partial charge in [-0.25, -0.2) is 0 Å². The maximum atomic E-state index is 11.8. The maximum absolute atomic E-state index is 11.8. The van der Waals surface area contributed by atoms with Crippen molar-refractivity contribution in [2.45, 2.75) is 31.0 Å². The van der Waals surface area contributed by atoms with Crippen molar-refractivity contribution in [3.63, 3.8) is 0 Å². The van der Waals surface area contributed by atoms with Gasteiger partial charge in [0.05, 0.1) is 24.8 Å². The van der Waals surface area contributed by atoms with Gasteiger partial charge >= 0.3 is 5.97 Å². The second-order valence-corrected chi connectivity index (χ2v) is 7.83. The number of carboxylic acids is 1. The second-order valence-electron chi connectivity index (χ2n) is 6.37. The smallest absolute Gasteiger partial charge is 0.322 e. The van der Waals surface area contributed by atoms with Crippen molar-refractivity contribution in [3.8, 4) is 0 Å². The molecule has 0 radical (unpaired) electrons. The van der Waals surface area contributed by atoms with Gasteiger partial charge in [0.25, 0.3) is 10.1 Å². The highest BCUT2D eigenvalue weighted by Crippen LogP contribution is 2.27. The van der Waals surface area contributed by atoms with Crippen molar-refractivity contribution in [1.82, 2.24) is 10.8 Å². The normalized spacial score (nSPS) is 19.6. The van der Waals surface area contributed by atoms with E-state index in [1.165, 1.54) is 0 Å². The highest BCUT2D eigenvalue weighted by Gasteiger charge is 2.28. The average Bonchev–Trinajstić information content (AvgIpc) is 3.06. The summed E-state index contributed by atoms with van der Waals surface area (Å²) in [6.07, 6.45) is 1.11. The predicted octanol–water partition coefficient (Wildman–Crippen LogP) is -1.27. The number of benzene rings is 1. The highest BCUT2D eigenvalue weighted by atomic mass is 32.2. The minimum atomic E-state index is -3.67. The van der Waals surface area contributed by atoms with Crippen LogP contribution in [0, 0.1) is 5.41 Å². The third-order valence-corrected chi connectivity index (χ3v) is 3.75. The van der Waals surface area contributed by atoms with Gasteiger partial charge in [-0.05, 0) is 12.0 Å². The van der Waals surface area contributed by atoms with Crippen LogP contribution < -0.4 is 22.3 Å². The molecule has 29 heavy (non-hydrogen) atoms. The predicted molar refractivity (Wildman–Crippen MR) is 104 cm³/mol. The highest BCUT2D eigenvalue weighted by molar-refractivity contribution is 7.85. The van der Waals surface area contributed by atoms with Gasteiger partial charge in [0.2, 0.25) is 5.91 Å². The van der Waals surface area contributed by atoms with Gasteiger partial charge < -0.3 is 21.9 Å². The number of hydrogen-bond acceptors (Lipinski definition) is 8. The summed E-state index contributed by atoms with van der Waals surface area (Å²) in [4.78, 5) is 27.8. The van der Waals surface area contributed by atoms with Crippen LogP contribution in [-0.2, 0) is 24.5 Å². The van der Waals surface area contributed by atoms with Crippen LogP contribution in [0.5, 0.6) is 0 Å². The standard InChI is InChI=1S/C15H21N5O4.CH4O3S/c16-11(15(22)23)7-19-13(21)6-10-5-12(20-24-10)8-1-3-9(4-2-8)14(17)18;1-5(2,3)4/h1-4,10-12,20H,5-7,16H2,(H3,17,18)(H,19,21)(H,22,23);1H3,(H,2,3,4)/t10-,11?,12+;/m1./s1. The summed E-state index contributed by atoms with van der Waals surface area (Å²) in [6.45, 7) is -0.121. The molecule has 0 saturated carbocycles. The van der Waals surface area contributed by atoms with Gasteiger partial charge in [0.15, 0.2) is 0 Å². The Morgan fingerprint density at radius 1 is 1.38 bits per heavy atom. The fraction of sp³-hybridized carbons (Fsp3) is 0.438. The lowest BCUT2D eigenvalue weighted by atomic mass is 9.99. The molecule has 2 rings (SSSR count). The molecule has 1 unspecified atom stereocenters. The fourth-order valence-electron chi connectivity index (χ4n) is 2.35. The van der Waals surface area contributed by atoms with Gasteiger partial charge in [-0.1, -0.05) is 24.3 Å².